The first-order chi connectivity index (χ1) is 15.4. The molecule has 172 valence electrons. The zero-order valence-electron chi connectivity index (χ0n) is 18.1. The predicted octanol–water partition coefficient (Wildman–Crippen LogP) is 1.57. The number of carbonyl (C=O) groups is 3. The lowest BCUT2D eigenvalue weighted by molar-refractivity contribution is -0.145. The third kappa shape index (κ3) is 8.65. The molecule has 0 radical (unpaired) electrons. The first-order valence-electron chi connectivity index (χ1n) is 10.0. The number of benzene rings is 2. The molecule has 2 aromatic rings. The highest BCUT2D eigenvalue weighted by Crippen LogP contribution is 2.13. The van der Waals surface area contributed by atoms with Crippen molar-refractivity contribution in [1.82, 2.24) is 10.6 Å². The Morgan fingerprint density at radius 1 is 0.969 bits per heavy atom. The Bertz CT molecular complexity index is 872. The minimum Gasteiger partial charge on any atom is -0.497 e. The number of nitrogens with one attached hydrogen (secondary N) is 2. The van der Waals surface area contributed by atoms with Crippen molar-refractivity contribution in [3.05, 3.63) is 65.7 Å². The van der Waals surface area contributed by atoms with E-state index in [-0.39, 0.29) is 26.0 Å². The van der Waals surface area contributed by atoms with Gasteiger partial charge in [-0.1, -0.05) is 42.5 Å². The van der Waals surface area contributed by atoms with Gasteiger partial charge in [0.05, 0.1) is 26.7 Å². The highest BCUT2D eigenvalue weighted by atomic mass is 16.5. The monoisotopic (exact) mass is 444 g/mol. The average molecular weight is 444 g/mol. The molecule has 0 aliphatic heterocycles. The second-order valence-electron chi connectivity index (χ2n) is 7.00. The number of hydrogen-bond donors (Lipinski definition) is 3. The molecule has 0 heterocycles. The molecular formula is C23H28N2O7. The molecule has 0 unspecified atom stereocenters. The van der Waals surface area contributed by atoms with Gasteiger partial charge in [0.2, 0.25) is 5.91 Å². The fraction of sp³-hybridized carbons (Fsp3) is 0.348. The van der Waals surface area contributed by atoms with Crippen molar-refractivity contribution in [3.8, 4) is 5.75 Å². The summed E-state index contributed by atoms with van der Waals surface area (Å²) in [6.07, 6.45) is -1.96. The van der Waals surface area contributed by atoms with Crippen molar-refractivity contribution in [2.24, 2.45) is 0 Å². The van der Waals surface area contributed by atoms with Gasteiger partial charge in [-0.3, -0.25) is 4.79 Å². The Kier molecular flexibility index (Phi) is 9.99. The third-order valence-corrected chi connectivity index (χ3v) is 4.54. The van der Waals surface area contributed by atoms with Crippen molar-refractivity contribution in [2.75, 3.05) is 20.8 Å². The number of alkyl carbamates (subject to hydrolysis) is 1. The van der Waals surface area contributed by atoms with Crippen molar-refractivity contribution < 1.29 is 33.7 Å². The van der Waals surface area contributed by atoms with Crippen LogP contribution in [0, 0.1) is 0 Å². The molecule has 0 saturated carbocycles. The van der Waals surface area contributed by atoms with Gasteiger partial charge in [0, 0.05) is 13.0 Å². The van der Waals surface area contributed by atoms with E-state index in [2.05, 4.69) is 10.6 Å². The van der Waals surface area contributed by atoms with Crippen LogP contribution in [0.15, 0.2) is 54.6 Å². The summed E-state index contributed by atoms with van der Waals surface area (Å²) in [7, 11) is 2.78. The number of aliphatic hydroxyl groups is 1. The molecule has 0 aromatic heterocycles. The second-order valence-corrected chi connectivity index (χ2v) is 7.00. The summed E-state index contributed by atoms with van der Waals surface area (Å²) in [4.78, 5) is 36.1. The van der Waals surface area contributed by atoms with Crippen molar-refractivity contribution in [3.63, 3.8) is 0 Å². The van der Waals surface area contributed by atoms with E-state index in [4.69, 9.17) is 14.2 Å². The van der Waals surface area contributed by atoms with Gasteiger partial charge in [0.25, 0.3) is 0 Å². The Morgan fingerprint density at radius 2 is 1.66 bits per heavy atom. The number of aliphatic hydroxyl groups excluding tert-OH is 1. The van der Waals surface area contributed by atoms with Crippen molar-refractivity contribution >= 4 is 18.0 Å². The highest BCUT2D eigenvalue weighted by Gasteiger charge is 2.23. The SMILES string of the molecule is COC(=O)[C@H](Cc1ccc(OC)cc1)NC(=O)C[C@@H](O)CNC(=O)OCc1ccccc1. The third-order valence-electron chi connectivity index (χ3n) is 4.54. The molecule has 0 aliphatic carbocycles. The maximum Gasteiger partial charge on any atom is 0.407 e. The van der Waals surface area contributed by atoms with Gasteiger partial charge in [-0.15, -0.1) is 0 Å². The van der Waals surface area contributed by atoms with Gasteiger partial charge >= 0.3 is 12.1 Å². The summed E-state index contributed by atoms with van der Waals surface area (Å²) in [6, 6.07) is 15.3. The van der Waals surface area contributed by atoms with Gasteiger partial charge in [-0.05, 0) is 23.3 Å². The number of rotatable bonds is 11. The summed E-state index contributed by atoms with van der Waals surface area (Å²) in [5.41, 5.74) is 1.62. The van der Waals surface area contributed by atoms with Gasteiger partial charge < -0.3 is 30.0 Å². The van der Waals surface area contributed by atoms with E-state index in [9.17, 15) is 19.5 Å². The Morgan fingerprint density at radius 3 is 2.28 bits per heavy atom. The number of ether oxygens (including phenoxy) is 3. The fourth-order valence-electron chi connectivity index (χ4n) is 2.85. The molecule has 9 heteroatoms. The Labute approximate surface area is 186 Å². The van der Waals surface area contributed by atoms with E-state index in [1.54, 1.807) is 31.4 Å². The summed E-state index contributed by atoms with van der Waals surface area (Å²) >= 11 is 0. The van der Waals surface area contributed by atoms with Crippen LogP contribution in [0.4, 0.5) is 4.79 Å². The molecule has 0 aliphatic rings. The van der Waals surface area contributed by atoms with Crippen LogP contribution >= 0.6 is 0 Å². The maximum absolute atomic E-state index is 12.3. The zero-order valence-corrected chi connectivity index (χ0v) is 18.1. The minimum absolute atomic E-state index is 0.0927. The Hall–Kier alpha value is -3.59. The van der Waals surface area contributed by atoms with E-state index in [1.807, 2.05) is 30.3 Å². The van der Waals surface area contributed by atoms with Crippen molar-refractivity contribution in [1.29, 1.82) is 0 Å². The van der Waals surface area contributed by atoms with E-state index < -0.39 is 30.1 Å². The molecule has 2 rings (SSSR count). The van der Waals surface area contributed by atoms with Crippen LogP contribution in [0.2, 0.25) is 0 Å². The molecule has 3 N–H and O–H groups in total. The summed E-state index contributed by atoms with van der Waals surface area (Å²) in [6.45, 7) is -0.0855. The predicted molar refractivity (Wildman–Crippen MR) is 116 cm³/mol. The first-order valence-corrected chi connectivity index (χ1v) is 10.0. The van der Waals surface area contributed by atoms with Crippen LogP contribution in [0.25, 0.3) is 0 Å². The van der Waals surface area contributed by atoms with Gasteiger partial charge in [-0.2, -0.15) is 0 Å². The van der Waals surface area contributed by atoms with E-state index >= 15 is 0 Å². The van der Waals surface area contributed by atoms with Crippen molar-refractivity contribution in [2.45, 2.75) is 31.6 Å². The highest BCUT2D eigenvalue weighted by molar-refractivity contribution is 5.85. The lowest BCUT2D eigenvalue weighted by Crippen LogP contribution is -2.45. The lowest BCUT2D eigenvalue weighted by atomic mass is 10.1. The molecule has 2 amide bonds. The average Bonchev–Trinajstić information content (AvgIpc) is 2.81. The smallest absolute Gasteiger partial charge is 0.407 e. The lowest BCUT2D eigenvalue weighted by Gasteiger charge is -2.18. The second kappa shape index (κ2) is 13.0. The standard InChI is InChI=1S/C23H28N2O7/c1-30-19-10-8-16(9-11-19)12-20(22(28)31-2)25-21(27)13-18(26)14-24-23(29)32-15-17-6-4-3-5-7-17/h3-11,18,20,26H,12-15H2,1-2H3,(H,24,29)(H,25,27)/t18-,20+/m1/s1. The molecule has 0 spiro atoms. The summed E-state index contributed by atoms with van der Waals surface area (Å²) < 4.78 is 14.9. The van der Waals surface area contributed by atoms with Gasteiger partial charge in [0.1, 0.15) is 18.4 Å². The topological polar surface area (TPSA) is 123 Å². The van der Waals surface area contributed by atoms with Crippen LogP contribution in [-0.2, 0) is 32.1 Å². The fourth-order valence-corrected chi connectivity index (χ4v) is 2.85. The molecule has 0 fully saturated rings. The summed E-state index contributed by atoms with van der Waals surface area (Å²) in [5.74, 6) is -0.488. The number of carbonyl (C=O) groups excluding carboxylic acids is 3. The van der Waals surface area contributed by atoms with Crippen LogP contribution < -0.4 is 15.4 Å². The van der Waals surface area contributed by atoms with Crippen LogP contribution in [0.5, 0.6) is 5.75 Å². The minimum atomic E-state index is -1.15. The molecule has 9 nitrogen and oxygen atoms in total. The van der Waals surface area contributed by atoms with Crippen LogP contribution in [0.3, 0.4) is 0 Å². The maximum atomic E-state index is 12.3. The van der Waals surface area contributed by atoms with E-state index in [1.165, 1.54) is 7.11 Å². The normalized spacial score (nSPS) is 12.2. The largest absolute Gasteiger partial charge is 0.497 e. The summed E-state index contributed by atoms with van der Waals surface area (Å²) in [5, 5.41) is 15.0. The van der Waals surface area contributed by atoms with Gasteiger partial charge in [0.15, 0.2) is 0 Å². The Balaban J connectivity index is 1.77. The number of esters is 1. The van der Waals surface area contributed by atoms with Gasteiger partial charge in [-0.25, -0.2) is 9.59 Å². The van der Waals surface area contributed by atoms with Crippen LogP contribution in [0.1, 0.15) is 17.5 Å². The van der Waals surface area contributed by atoms with Crippen LogP contribution in [-0.4, -0.2) is 56.0 Å². The number of amides is 2. The zero-order chi connectivity index (χ0) is 23.3. The van der Waals surface area contributed by atoms with E-state index in [0.29, 0.717) is 5.75 Å². The van der Waals surface area contributed by atoms with E-state index in [0.717, 1.165) is 11.1 Å². The molecule has 0 bridgehead atoms. The molecule has 0 saturated heterocycles. The number of methoxy groups -OCH3 is 2. The first kappa shape index (κ1) is 24.7. The molecular weight excluding hydrogens is 416 g/mol. The quantitative estimate of drug-likeness (QED) is 0.450. The molecule has 2 aromatic carbocycles. The molecule has 2 atom stereocenters. The molecule has 32 heavy (non-hydrogen) atoms. The number of hydrogen-bond acceptors (Lipinski definition) is 7.